The number of carbonyl (C=O) groups excluding carboxylic acids is 1. The first-order valence-corrected chi connectivity index (χ1v) is 8.00. The van der Waals surface area contributed by atoms with Crippen molar-refractivity contribution in [1.82, 2.24) is 5.32 Å². The van der Waals surface area contributed by atoms with Crippen molar-refractivity contribution < 1.29 is 14.7 Å². The average molecular weight is 360 g/mol. The lowest BCUT2D eigenvalue weighted by atomic mass is 10.1. The van der Waals surface area contributed by atoms with Gasteiger partial charge in [0.25, 0.3) is 0 Å². The second-order valence-electron chi connectivity index (χ2n) is 4.83. The van der Waals surface area contributed by atoms with Crippen LogP contribution in [-0.4, -0.2) is 28.8 Å². The van der Waals surface area contributed by atoms with Crippen molar-refractivity contribution in [3.63, 3.8) is 0 Å². The minimum absolute atomic E-state index is 0.143. The van der Waals surface area contributed by atoms with Crippen LogP contribution in [0, 0.1) is 12.8 Å². The number of thioether (sulfide) groups is 1. The third kappa shape index (κ3) is 5.17. The van der Waals surface area contributed by atoms with Gasteiger partial charge >= 0.3 is 5.97 Å². The molecule has 1 amide bonds. The summed E-state index contributed by atoms with van der Waals surface area (Å²) in [6.07, 6.45) is 0. The molecule has 0 aromatic heterocycles. The molecular formula is C14H18BrNO3S. The first kappa shape index (κ1) is 17.0. The molecule has 0 aliphatic heterocycles. The van der Waals surface area contributed by atoms with Crippen molar-refractivity contribution in [2.45, 2.75) is 31.7 Å². The molecule has 1 atom stereocenters. The summed E-state index contributed by atoms with van der Waals surface area (Å²) in [5.41, 5.74) is 1.08. The van der Waals surface area contributed by atoms with Gasteiger partial charge in [0.15, 0.2) is 0 Å². The molecule has 0 bridgehead atoms. The monoisotopic (exact) mass is 359 g/mol. The Bertz CT molecular complexity index is 505. The Morgan fingerprint density at radius 3 is 2.55 bits per heavy atom. The molecule has 0 aliphatic rings. The van der Waals surface area contributed by atoms with Crippen LogP contribution >= 0.6 is 27.7 Å². The molecule has 110 valence electrons. The topological polar surface area (TPSA) is 66.4 Å². The lowest BCUT2D eigenvalue weighted by molar-refractivity contribution is -0.142. The molecule has 0 unspecified atom stereocenters. The normalized spacial score (nSPS) is 12.2. The van der Waals surface area contributed by atoms with Crippen molar-refractivity contribution in [3.05, 3.63) is 28.2 Å². The molecule has 4 nitrogen and oxygen atoms in total. The Kier molecular flexibility index (Phi) is 6.55. The van der Waals surface area contributed by atoms with Crippen molar-refractivity contribution in [1.29, 1.82) is 0 Å². The van der Waals surface area contributed by atoms with E-state index in [4.69, 9.17) is 5.11 Å². The van der Waals surface area contributed by atoms with Gasteiger partial charge in [-0.3, -0.25) is 4.79 Å². The second-order valence-corrected chi connectivity index (χ2v) is 6.76. The maximum Gasteiger partial charge on any atom is 0.326 e. The maximum atomic E-state index is 11.8. The molecule has 0 radical (unpaired) electrons. The predicted octanol–water partition coefficient (Wildman–Crippen LogP) is 3.08. The molecule has 0 saturated heterocycles. The molecule has 0 saturated carbocycles. The number of hydrogen-bond acceptors (Lipinski definition) is 3. The van der Waals surface area contributed by atoms with E-state index in [9.17, 15) is 9.59 Å². The molecule has 0 spiro atoms. The molecule has 20 heavy (non-hydrogen) atoms. The number of rotatable bonds is 6. The van der Waals surface area contributed by atoms with E-state index in [0.29, 0.717) is 0 Å². The van der Waals surface area contributed by atoms with Crippen molar-refractivity contribution in [3.8, 4) is 0 Å². The summed E-state index contributed by atoms with van der Waals surface area (Å²) < 4.78 is 0.995. The second kappa shape index (κ2) is 7.69. The molecule has 1 aromatic rings. The molecule has 0 aliphatic carbocycles. The van der Waals surface area contributed by atoms with E-state index >= 15 is 0 Å². The van der Waals surface area contributed by atoms with E-state index in [1.807, 2.05) is 25.1 Å². The summed E-state index contributed by atoms with van der Waals surface area (Å²) in [4.78, 5) is 23.8. The highest BCUT2D eigenvalue weighted by atomic mass is 79.9. The van der Waals surface area contributed by atoms with Crippen LogP contribution in [-0.2, 0) is 9.59 Å². The van der Waals surface area contributed by atoms with Gasteiger partial charge in [-0.15, -0.1) is 11.8 Å². The van der Waals surface area contributed by atoms with Crippen molar-refractivity contribution in [2.75, 3.05) is 5.75 Å². The Labute approximate surface area is 131 Å². The molecular weight excluding hydrogens is 342 g/mol. The highest BCUT2D eigenvalue weighted by molar-refractivity contribution is 9.10. The van der Waals surface area contributed by atoms with Gasteiger partial charge in [0.2, 0.25) is 5.91 Å². The number of carboxylic acid groups (broad SMARTS) is 1. The predicted molar refractivity (Wildman–Crippen MR) is 84.0 cm³/mol. The average Bonchev–Trinajstić information content (AvgIpc) is 2.34. The SMILES string of the molecule is Cc1cc(Br)ccc1SCC(=O)N[C@@H](C(=O)O)C(C)C. The van der Waals surface area contributed by atoms with Gasteiger partial charge in [0.1, 0.15) is 6.04 Å². The van der Waals surface area contributed by atoms with Crippen molar-refractivity contribution in [2.24, 2.45) is 5.92 Å². The summed E-state index contributed by atoms with van der Waals surface area (Å²) in [6.45, 7) is 5.51. The summed E-state index contributed by atoms with van der Waals surface area (Å²) in [7, 11) is 0. The summed E-state index contributed by atoms with van der Waals surface area (Å²) in [5.74, 6) is -1.20. The number of nitrogens with one attached hydrogen (secondary N) is 1. The number of aryl methyl sites for hydroxylation is 1. The summed E-state index contributed by atoms with van der Waals surface area (Å²) in [5, 5.41) is 11.6. The Morgan fingerprint density at radius 1 is 1.40 bits per heavy atom. The van der Waals surface area contributed by atoms with Gasteiger partial charge in [-0.2, -0.15) is 0 Å². The molecule has 1 rings (SSSR count). The van der Waals surface area contributed by atoms with Gasteiger partial charge in [-0.1, -0.05) is 29.8 Å². The number of amides is 1. The Morgan fingerprint density at radius 2 is 2.05 bits per heavy atom. The minimum atomic E-state index is -1.00. The van der Waals surface area contributed by atoms with E-state index in [2.05, 4.69) is 21.2 Å². The van der Waals surface area contributed by atoms with Crippen LogP contribution in [0.3, 0.4) is 0 Å². The van der Waals surface area contributed by atoms with Gasteiger partial charge < -0.3 is 10.4 Å². The van der Waals surface area contributed by atoms with Crippen LogP contribution in [0.15, 0.2) is 27.6 Å². The number of hydrogen-bond donors (Lipinski definition) is 2. The highest BCUT2D eigenvalue weighted by Gasteiger charge is 2.23. The van der Waals surface area contributed by atoms with Crippen LogP contribution in [0.4, 0.5) is 0 Å². The van der Waals surface area contributed by atoms with Crippen LogP contribution < -0.4 is 5.32 Å². The van der Waals surface area contributed by atoms with Crippen LogP contribution in [0.2, 0.25) is 0 Å². The zero-order chi connectivity index (χ0) is 15.3. The molecule has 2 N–H and O–H groups in total. The van der Waals surface area contributed by atoms with E-state index in [-0.39, 0.29) is 17.6 Å². The number of aliphatic carboxylic acids is 1. The lowest BCUT2D eigenvalue weighted by Gasteiger charge is -2.17. The molecule has 0 heterocycles. The minimum Gasteiger partial charge on any atom is -0.480 e. The molecule has 6 heteroatoms. The fourth-order valence-electron chi connectivity index (χ4n) is 1.65. The molecule has 1 aromatic carbocycles. The standard InChI is InChI=1S/C14H18BrNO3S/c1-8(2)13(14(18)19)16-12(17)7-20-11-5-4-10(15)6-9(11)3/h4-6,8,13H,7H2,1-3H3,(H,16,17)(H,18,19)/t13-/m1/s1. The smallest absolute Gasteiger partial charge is 0.326 e. The summed E-state index contributed by atoms with van der Waals surface area (Å²) >= 11 is 4.79. The van der Waals surface area contributed by atoms with E-state index in [0.717, 1.165) is 14.9 Å². The van der Waals surface area contributed by atoms with E-state index in [1.165, 1.54) is 11.8 Å². The number of halogens is 1. The van der Waals surface area contributed by atoms with Gasteiger partial charge in [-0.05, 0) is 36.6 Å². The quantitative estimate of drug-likeness (QED) is 0.766. The fraction of sp³-hybridized carbons (Fsp3) is 0.429. The highest BCUT2D eigenvalue weighted by Crippen LogP contribution is 2.25. The fourth-order valence-corrected chi connectivity index (χ4v) is 2.94. The lowest BCUT2D eigenvalue weighted by Crippen LogP contribution is -2.45. The Balaban J connectivity index is 2.57. The first-order valence-electron chi connectivity index (χ1n) is 6.22. The summed E-state index contributed by atoms with van der Waals surface area (Å²) in [6, 6.07) is 5.00. The van der Waals surface area contributed by atoms with Crippen LogP contribution in [0.1, 0.15) is 19.4 Å². The van der Waals surface area contributed by atoms with Crippen LogP contribution in [0.25, 0.3) is 0 Å². The van der Waals surface area contributed by atoms with Gasteiger partial charge in [-0.25, -0.2) is 4.79 Å². The van der Waals surface area contributed by atoms with Crippen molar-refractivity contribution >= 4 is 39.6 Å². The van der Waals surface area contributed by atoms with Gasteiger partial charge in [0.05, 0.1) is 5.75 Å². The van der Waals surface area contributed by atoms with E-state index in [1.54, 1.807) is 13.8 Å². The zero-order valence-electron chi connectivity index (χ0n) is 11.6. The third-order valence-corrected chi connectivity index (χ3v) is 4.41. The van der Waals surface area contributed by atoms with Gasteiger partial charge in [0, 0.05) is 9.37 Å². The third-order valence-electron chi connectivity index (χ3n) is 2.74. The zero-order valence-corrected chi connectivity index (χ0v) is 14.0. The van der Waals surface area contributed by atoms with Crippen LogP contribution in [0.5, 0.6) is 0 Å². The first-order chi connectivity index (χ1) is 9.31. The number of benzene rings is 1. The van der Waals surface area contributed by atoms with E-state index < -0.39 is 12.0 Å². The molecule has 0 fully saturated rings. The number of carbonyl (C=O) groups is 2. The maximum absolute atomic E-state index is 11.8. The largest absolute Gasteiger partial charge is 0.480 e. The Hall–Kier alpha value is -1.01. The number of carboxylic acids is 1.